The van der Waals surface area contributed by atoms with Gasteiger partial charge in [-0.2, -0.15) is 0 Å². The van der Waals surface area contributed by atoms with Gasteiger partial charge in [0, 0.05) is 24.2 Å². The van der Waals surface area contributed by atoms with Gasteiger partial charge in [-0.25, -0.2) is 0 Å². The zero-order valence-electron chi connectivity index (χ0n) is 11.1. The number of benzene rings is 1. The molecule has 0 saturated carbocycles. The quantitative estimate of drug-likeness (QED) is 0.631. The van der Waals surface area contributed by atoms with Gasteiger partial charge in [-0.1, -0.05) is 13.8 Å². The Morgan fingerprint density at radius 1 is 1.16 bits per heavy atom. The van der Waals surface area contributed by atoms with Gasteiger partial charge in [0.25, 0.3) is 11.4 Å². The first-order chi connectivity index (χ1) is 8.82. The highest BCUT2D eigenvalue weighted by Crippen LogP contribution is 2.24. The summed E-state index contributed by atoms with van der Waals surface area (Å²) in [7, 11) is 0. The van der Waals surface area contributed by atoms with Crippen LogP contribution in [0.25, 0.3) is 0 Å². The number of hydrogen-bond acceptors (Lipinski definition) is 5. The molecule has 7 heteroatoms. The number of nitrogens with zero attached hydrogens (tertiary/aromatic N) is 2. The normalized spacial score (nSPS) is 12.4. The maximum absolute atomic E-state index is 10.9. The van der Waals surface area contributed by atoms with E-state index in [1.807, 2.05) is 20.8 Å². The van der Waals surface area contributed by atoms with Gasteiger partial charge in [-0.15, -0.1) is 0 Å². The smallest absolute Gasteiger partial charge is 0.280 e. The number of rotatable bonds is 6. The maximum atomic E-state index is 10.9. The highest BCUT2D eigenvalue weighted by molar-refractivity contribution is 5.49. The number of hydrogen-bond donors (Lipinski definition) is 1. The van der Waals surface area contributed by atoms with Crippen LogP contribution in [0.3, 0.4) is 0 Å². The molecule has 0 fully saturated rings. The van der Waals surface area contributed by atoms with E-state index in [9.17, 15) is 20.2 Å². The van der Waals surface area contributed by atoms with E-state index in [2.05, 4.69) is 5.32 Å². The standard InChI is InChI=1S/C12H17N3O4/c1-8(2)9(3)13-7-10-4-5-11(14(16)17)6-12(10)15(18)19/h4-6,8-9,13H,7H2,1-3H3. The number of nitro benzene ring substituents is 2. The molecule has 104 valence electrons. The van der Waals surface area contributed by atoms with Crippen molar-refractivity contribution in [3.05, 3.63) is 44.0 Å². The monoisotopic (exact) mass is 267 g/mol. The Balaban J connectivity index is 2.94. The molecule has 0 aromatic heterocycles. The fourth-order valence-electron chi connectivity index (χ4n) is 1.49. The minimum absolute atomic E-state index is 0.204. The Hall–Kier alpha value is -2.02. The Kier molecular flexibility index (Phi) is 4.94. The summed E-state index contributed by atoms with van der Waals surface area (Å²) in [5, 5.41) is 24.7. The van der Waals surface area contributed by atoms with E-state index in [0.29, 0.717) is 18.0 Å². The summed E-state index contributed by atoms with van der Waals surface area (Å²) >= 11 is 0. The molecule has 19 heavy (non-hydrogen) atoms. The third-order valence-corrected chi connectivity index (χ3v) is 3.09. The molecule has 1 N–H and O–H groups in total. The number of non-ortho nitro benzene ring substituents is 1. The molecule has 1 rings (SSSR count). The van der Waals surface area contributed by atoms with Crippen LogP contribution in [0.2, 0.25) is 0 Å². The van der Waals surface area contributed by atoms with Crippen LogP contribution in [0.1, 0.15) is 26.3 Å². The van der Waals surface area contributed by atoms with Crippen molar-refractivity contribution in [2.45, 2.75) is 33.4 Å². The summed E-state index contributed by atoms with van der Waals surface area (Å²) in [6, 6.07) is 3.91. The molecule has 0 heterocycles. The largest absolute Gasteiger partial charge is 0.310 e. The van der Waals surface area contributed by atoms with Crippen LogP contribution in [0.4, 0.5) is 11.4 Å². The summed E-state index contributed by atoms with van der Waals surface area (Å²) in [5.74, 6) is 0.400. The Bertz CT molecular complexity index is 488. The van der Waals surface area contributed by atoms with Gasteiger partial charge < -0.3 is 5.32 Å². The first-order valence-electron chi connectivity index (χ1n) is 5.98. The molecule has 0 radical (unpaired) electrons. The molecule has 0 saturated heterocycles. The highest BCUT2D eigenvalue weighted by Gasteiger charge is 2.19. The van der Waals surface area contributed by atoms with E-state index in [1.54, 1.807) is 0 Å². The van der Waals surface area contributed by atoms with Crippen LogP contribution in [-0.4, -0.2) is 15.9 Å². The average molecular weight is 267 g/mol. The molecule has 0 aliphatic heterocycles. The average Bonchev–Trinajstić information content (AvgIpc) is 2.35. The summed E-state index contributed by atoms with van der Waals surface area (Å²) in [5.41, 5.74) is -0.0480. The van der Waals surface area contributed by atoms with Crippen molar-refractivity contribution in [3.63, 3.8) is 0 Å². The molecule has 0 bridgehead atoms. The van der Waals surface area contributed by atoms with Crippen LogP contribution in [0, 0.1) is 26.1 Å². The molecule has 0 aliphatic rings. The van der Waals surface area contributed by atoms with Gasteiger partial charge >= 0.3 is 0 Å². The fraction of sp³-hybridized carbons (Fsp3) is 0.500. The van der Waals surface area contributed by atoms with E-state index in [-0.39, 0.29) is 17.4 Å². The second-order valence-corrected chi connectivity index (χ2v) is 4.74. The van der Waals surface area contributed by atoms with Crippen molar-refractivity contribution in [1.82, 2.24) is 5.32 Å². The van der Waals surface area contributed by atoms with Gasteiger partial charge in [0.2, 0.25) is 0 Å². The van der Waals surface area contributed by atoms with Gasteiger partial charge in [-0.3, -0.25) is 20.2 Å². The van der Waals surface area contributed by atoms with Crippen molar-refractivity contribution in [3.8, 4) is 0 Å². The van der Waals surface area contributed by atoms with Crippen molar-refractivity contribution in [2.75, 3.05) is 0 Å². The molecule has 1 aromatic rings. The van der Waals surface area contributed by atoms with Crippen LogP contribution in [-0.2, 0) is 6.54 Å². The van der Waals surface area contributed by atoms with Crippen molar-refractivity contribution in [2.24, 2.45) is 5.92 Å². The van der Waals surface area contributed by atoms with E-state index in [4.69, 9.17) is 0 Å². The van der Waals surface area contributed by atoms with Crippen LogP contribution < -0.4 is 5.32 Å². The Morgan fingerprint density at radius 2 is 1.79 bits per heavy atom. The summed E-state index contributed by atoms with van der Waals surface area (Å²) in [4.78, 5) is 20.3. The predicted octanol–water partition coefficient (Wildman–Crippen LogP) is 2.64. The first-order valence-corrected chi connectivity index (χ1v) is 5.98. The van der Waals surface area contributed by atoms with E-state index < -0.39 is 9.85 Å². The molecule has 0 amide bonds. The predicted molar refractivity (Wildman–Crippen MR) is 70.9 cm³/mol. The summed E-state index contributed by atoms with van der Waals surface area (Å²) in [6.45, 7) is 6.39. The fourth-order valence-corrected chi connectivity index (χ4v) is 1.49. The van der Waals surface area contributed by atoms with Crippen LogP contribution in [0.15, 0.2) is 18.2 Å². The minimum atomic E-state index is -0.638. The topological polar surface area (TPSA) is 98.3 Å². The zero-order chi connectivity index (χ0) is 14.6. The molecular weight excluding hydrogens is 250 g/mol. The molecule has 0 spiro atoms. The molecular formula is C12H17N3O4. The van der Waals surface area contributed by atoms with Gasteiger partial charge in [-0.05, 0) is 18.9 Å². The summed E-state index contributed by atoms with van der Waals surface area (Å²) in [6.07, 6.45) is 0. The van der Waals surface area contributed by atoms with Crippen molar-refractivity contribution < 1.29 is 9.85 Å². The SMILES string of the molecule is CC(C)C(C)NCc1ccc([N+](=O)[O-])cc1[N+](=O)[O-]. The minimum Gasteiger partial charge on any atom is -0.310 e. The maximum Gasteiger partial charge on any atom is 0.280 e. The van der Waals surface area contributed by atoms with Crippen molar-refractivity contribution >= 4 is 11.4 Å². The van der Waals surface area contributed by atoms with Gasteiger partial charge in [0.1, 0.15) is 0 Å². The summed E-state index contributed by atoms with van der Waals surface area (Å²) < 4.78 is 0. The highest BCUT2D eigenvalue weighted by atomic mass is 16.6. The van der Waals surface area contributed by atoms with Crippen LogP contribution in [0.5, 0.6) is 0 Å². The van der Waals surface area contributed by atoms with E-state index in [0.717, 1.165) is 6.07 Å². The second-order valence-electron chi connectivity index (χ2n) is 4.74. The second kappa shape index (κ2) is 6.24. The van der Waals surface area contributed by atoms with Crippen molar-refractivity contribution in [1.29, 1.82) is 0 Å². The third kappa shape index (κ3) is 3.99. The lowest BCUT2D eigenvalue weighted by molar-refractivity contribution is -0.394. The van der Waals surface area contributed by atoms with Crippen LogP contribution >= 0.6 is 0 Å². The molecule has 0 aliphatic carbocycles. The molecule has 7 nitrogen and oxygen atoms in total. The first kappa shape index (κ1) is 15.0. The Labute approximate surface area is 110 Å². The third-order valence-electron chi connectivity index (χ3n) is 3.09. The lowest BCUT2D eigenvalue weighted by Gasteiger charge is -2.17. The number of nitro groups is 2. The van der Waals surface area contributed by atoms with E-state index in [1.165, 1.54) is 12.1 Å². The van der Waals surface area contributed by atoms with Gasteiger partial charge in [0.05, 0.1) is 15.9 Å². The Morgan fingerprint density at radius 3 is 2.26 bits per heavy atom. The molecule has 1 unspecified atom stereocenters. The number of nitrogens with one attached hydrogen (secondary N) is 1. The zero-order valence-corrected chi connectivity index (χ0v) is 11.1. The van der Waals surface area contributed by atoms with Gasteiger partial charge in [0.15, 0.2) is 0 Å². The molecule has 1 atom stereocenters. The lowest BCUT2D eigenvalue weighted by atomic mass is 10.1. The molecule has 1 aromatic carbocycles. The lowest BCUT2D eigenvalue weighted by Crippen LogP contribution is -2.30. The van der Waals surface area contributed by atoms with E-state index >= 15 is 0 Å².